The first kappa shape index (κ1) is 18.0. The maximum atomic E-state index is 12.4. The number of benzene rings is 1. The van der Waals surface area contributed by atoms with Crippen LogP contribution >= 0.6 is 0 Å². The van der Waals surface area contributed by atoms with Gasteiger partial charge in [0.05, 0.1) is 18.8 Å². The van der Waals surface area contributed by atoms with Crippen LogP contribution in [0.15, 0.2) is 18.2 Å². The Morgan fingerprint density at radius 1 is 1.41 bits per heavy atom. The number of hydrogen-bond donors (Lipinski definition) is 3. The molecule has 22 heavy (non-hydrogen) atoms. The molecule has 6 heteroatoms. The van der Waals surface area contributed by atoms with Crippen LogP contribution < -0.4 is 15.8 Å². The number of carboxylic acid groups (broad SMARTS) is 1. The summed E-state index contributed by atoms with van der Waals surface area (Å²) in [5, 5.41) is 12.1. The number of Topliss-reactive ketones (excluding diaryl/α,β-unsaturated/α-hetero) is 1. The summed E-state index contributed by atoms with van der Waals surface area (Å²) in [5.74, 6) is -0.636. The topological polar surface area (TPSA) is 102 Å². The maximum Gasteiger partial charge on any atom is 0.320 e. The molecular formula is C16H24N2O4. The summed E-state index contributed by atoms with van der Waals surface area (Å²) in [6.07, 6.45) is 2.19. The molecule has 6 nitrogen and oxygen atoms in total. The predicted molar refractivity (Wildman–Crippen MR) is 85.3 cm³/mol. The van der Waals surface area contributed by atoms with E-state index >= 15 is 0 Å². The summed E-state index contributed by atoms with van der Waals surface area (Å²) in [6.45, 7) is 3.65. The van der Waals surface area contributed by atoms with E-state index in [0.29, 0.717) is 23.4 Å². The van der Waals surface area contributed by atoms with Crippen molar-refractivity contribution in [3.05, 3.63) is 23.8 Å². The Morgan fingerprint density at radius 2 is 2.09 bits per heavy atom. The molecule has 4 N–H and O–H groups in total. The van der Waals surface area contributed by atoms with E-state index in [1.54, 1.807) is 25.1 Å². The molecule has 0 fully saturated rings. The van der Waals surface area contributed by atoms with E-state index in [0.717, 1.165) is 12.8 Å². The summed E-state index contributed by atoms with van der Waals surface area (Å²) in [4.78, 5) is 23.6. The molecule has 122 valence electrons. The van der Waals surface area contributed by atoms with Crippen LogP contribution in [0, 0.1) is 0 Å². The van der Waals surface area contributed by atoms with Crippen LogP contribution in [0.4, 0.5) is 5.69 Å². The van der Waals surface area contributed by atoms with Crippen LogP contribution in [-0.2, 0) is 4.79 Å². The third-order valence-corrected chi connectivity index (χ3v) is 3.50. The summed E-state index contributed by atoms with van der Waals surface area (Å²) in [5.41, 5.74) is 6.60. The van der Waals surface area contributed by atoms with Gasteiger partial charge in [-0.25, -0.2) is 0 Å². The van der Waals surface area contributed by atoms with Gasteiger partial charge < -0.3 is 15.6 Å². The second-order valence-electron chi connectivity index (χ2n) is 5.24. The number of anilines is 1. The van der Waals surface area contributed by atoms with Crippen LogP contribution in [-0.4, -0.2) is 36.1 Å². The molecule has 1 rings (SSSR count). The van der Waals surface area contributed by atoms with Gasteiger partial charge in [0.2, 0.25) is 0 Å². The number of carbonyl (C=O) groups excluding carboxylic acids is 1. The van der Waals surface area contributed by atoms with E-state index in [1.165, 1.54) is 7.11 Å². The number of nitrogens with two attached hydrogens (primary N) is 1. The van der Waals surface area contributed by atoms with Crippen molar-refractivity contribution in [2.45, 2.75) is 45.2 Å². The number of rotatable bonds is 9. The molecule has 0 amide bonds. The molecule has 0 heterocycles. The fourth-order valence-electron chi connectivity index (χ4n) is 2.20. The van der Waals surface area contributed by atoms with Gasteiger partial charge in [0.25, 0.3) is 0 Å². The zero-order chi connectivity index (χ0) is 16.7. The highest BCUT2D eigenvalue weighted by Crippen LogP contribution is 2.22. The Balaban J connectivity index is 2.78. The van der Waals surface area contributed by atoms with E-state index < -0.39 is 18.1 Å². The highest BCUT2D eigenvalue weighted by molar-refractivity contribution is 6.01. The molecule has 2 atom stereocenters. The van der Waals surface area contributed by atoms with E-state index in [9.17, 15) is 14.7 Å². The first-order valence-electron chi connectivity index (χ1n) is 7.37. The number of nitrogen functional groups attached to an aromatic ring is 1. The SMILES string of the molecule is CCCCC(NC(C)C(=O)c1ccc(OC)c(N)c1)C(=O)O. The molecule has 0 aliphatic carbocycles. The molecular weight excluding hydrogens is 284 g/mol. The molecule has 0 aliphatic rings. The van der Waals surface area contributed by atoms with E-state index in [4.69, 9.17) is 10.5 Å². The van der Waals surface area contributed by atoms with Gasteiger partial charge in [0, 0.05) is 5.56 Å². The second kappa shape index (κ2) is 8.38. The third-order valence-electron chi connectivity index (χ3n) is 3.50. The molecule has 0 aromatic heterocycles. The molecule has 0 saturated carbocycles. The van der Waals surface area contributed by atoms with Gasteiger partial charge in [-0.1, -0.05) is 19.8 Å². The first-order chi connectivity index (χ1) is 10.4. The van der Waals surface area contributed by atoms with Gasteiger partial charge in [-0.05, 0) is 31.5 Å². The maximum absolute atomic E-state index is 12.4. The molecule has 0 saturated heterocycles. The largest absolute Gasteiger partial charge is 0.495 e. The van der Waals surface area contributed by atoms with Gasteiger partial charge in [0.15, 0.2) is 5.78 Å². The average molecular weight is 308 g/mol. The number of unbranched alkanes of at least 4 members (excludes halogenated alkanes) is 1. The molecule has 0 radical (unpaired) electrons. The van der Waals surface area contributed by atoms with E-state index in [-0.39, 0.29) is 5.78 Å². The van der Waals surface area contributed by atoms with Crippen LogP contribution in [0.1, 0.15) is 43.5 Å². The van der Waals surface area contributed by atoms with E-state index in [1.807, 2.05) is 6.92 Å². The first-order valence-corrected chi connectivity index (χ1v) is 7.37. The minimum Gasteiger partial charge on any atom is -0.495 e. The van der Waals surface area contributed by atoms with Gasteiger partial charge in [-0.3, -0.25) is 14.9 Å². The molecule has 2 unspecified atom stereocenters. The van der Waals surface area contributed by atoms with Crippen LogP contribution in [0.5, 0.6) is 5.75 Å². The second-order valence-corrected chi connectivity index (χ2v) is 5.24. The van der Waals surface area contributed by atoms with Crippen molar-refractivity contribution in [2.24, 2.45) is 0 Å². The zero-order valence-corrected chi connectivity index (χ0v) is 13.3. The van der Waals surface area contributed by atoms with Crippen LogP contribution in [0.25, 0.3) is 0 Å². The molecule has 1 aromatic rings. The number of carboxylic acids is 1. The Labute approximate surface area is 130 Å². The average Bonchev–Trinajstić information content (AvgIpc) is 2.49. The number of ether oxygens (including phenoxy) is 1. The van der Waals surface area contributed by atoms with Crippen molar-refractivity contribution < 1.29 is 19.4 Å². The van der Waals surface area contributed by atoms with Crippen molar-refractivity contribution in [2.75, 3.05) is 12.8 Å². The summed E-state index contributed by atoms with van der Waals surface area (Å²) < 4.78 is 5.05. The van der Waals surface area contributed by atoms with Crippen molar-refractivity contribution in [1.82, 2.24) is 5.32 Å². The monoisotopic (exact) mass is 308 g/mol. The van der Waals surface area contributed by atoms with Crippen molar-refractivity contribution >= 4 is 17.4 Å². The summed E-state index contributed by atoms with van der Waals surface area (Å²) >= 11 is 0. The fraction of sp³-hybridized carbons (Fsp3) is 0.500. The van der Waals surface area contributed by atoms with E-state index in [2.05, 4.69) is 5.32 Å². The highest BCUT2D eigenvalue weighted by Gasteiger charge is 2.23. The Kier molecular flexibility index (Phi) is 6.85. The Morgan fingerprint density at radius 3 is 2.59 bits per heavy atom. The number of methoxy groups -OCH3 is 1. The molecule has 0 aliphatic heterocycles. The normalized spacial score (nSPS) is 13.4. The van der Waals surface area contributed by atoms with Gasteiger partial charge in [-0.2, -0.15) is 0 Å². The molecule has 0 spiro atoms. The van der Waals surface area contributed by atoms with Gasteiger partial charge in [-0.15, -0.1) is 0 Å². The number of aliphatic carboxylic acids is 1. The Hall–Kier alpha value is -2.08. The zero-order valence-electron chi connectivity index (χ0n) is 13.3. The highest BCUT2D eigenvalue weighted by atomic mass is 16.5. The van der Waals surface area contributed by atoms with Crippen LogP contribution in [0.3, 0.4) is 0 Å². The standard InChI is InChI=1S/C16H24N2O4/c1-4-5-6-13(16(20)21)18-10(2)15(19)11-7-8-14(22-3)12(17)9-11/h7-10,13,18H,4-6,17H2,1-3H3,(H,20,21). The molecule has 1 aromatic carbocycles. The van der Waals surface area contributed by atoms with Gasteiger partial charge in [0.1, 0.15) is 11.8 Å². The summed E-state index contributed by atoms with van der Waals surface area (Å²) in [7, 11) is 1.50. The number of ketones is 1. The Bertz CT molecular complexity index is 531. The third kappa shape index (κ3) is 4.73. The molecule has 0 bridgehead atoms. The number of hydrogen-bond acceptors (Lipinski definition) is 5. The minimum absolute atomic E-state index is 0.197. The predicted octanol–water partition coefficient (Wildman–Crippen LogP) is 2.08. The lowest BCUT2D eigenvalue weighted by Gasteiger charge is -2.19. The number of nitrogens with one attached hydrogen (secondary N) is 1. The van der Waals surface area contributed by atoms with Crippen LogP contribution in [0.2, 0.25) is 0 Å². The van der Waals surface area contributed by atoms with Crippen molar-refractivity contribution in [3.8, 4) is 5.75 Å². The lowest BCUT2D eigenvalue weighted by molar-refractivity contribution is -0.139. The van der Waals surface area contributed by atoms with Crippen molar-refractivity contribution in [3.63, 3.8) is 0 Å². The lowest BCUT2D eigenvalue weighted by atomic mass is 10.0. The minimum atomic E-state index is -0.942. The smallest absolute Gasteiger partial charge is 0.320 e. The summed E-state index contributed by atoms with van der Waals surface area (Å²) in [6, 6.07) is 3.46. The fourth-order valence-corrected chi connectivity index (χ4v) is 2.20. The lowest BCUT2D eigenvalue weighted by Crippen LogP contribution is -2.45. The number of carbonyl (C=O) groups is 2. The van der Waals surface area contributed by atoms with Gasteiger partial charge >= 0.3 is 5.97 Å². The van der Waals surface area contributed by atoms with Crippen molar-refractivity contribution in [1.29, 1.82) is 0 Å². The quantitative estimate of drug-likeness (QED) is 0.477.